The molecule has 4 heteroatoms. The van der Waals surface area contributed by atoms with Gasteiger partial charge in [-0.3, -0.25) is 0 Å². The Morgan fingerprint density at radius 1 is 1.19 bits per heavy atom. The number of aromatic hydroxyl groups is 2. The molecule has 2 aromatic carbocycles. The summed E-state index contributed by atoms with van der Waals surface area (Å²) in [5.74, 6) is 0.874. The summed E-state index contributed by atoms with van der Waals surface area (Å²) in [6.07, 6.45) is 1.74. The summed E-state index contributed by atoms with van der Waals surface area (Å²) in [6, 6.07) is 7.64. The molecule has 4 nitrogen and oxygen atoms in total. The summed E-state index contributed by atoms with van der Waals surface area (Å²) in [6.45, 7) is 0.915. The molecule has 1 atom stereocenters. The van der Waals surface area contributed by atoms with Gasteiger partial charge in [0.1, 0.15) is 5.75 Å². The number of rotatable bonds is 1. The highest BCUT2D eigenvalue weighted by atomic mass is 16.5. The van der Waals surface area contributed by atoms with Crippen molar-refractivity contribution in [3.8, 4) is 28.4 Å². The van der Waals surface area contributed by atoms with E-state index in [-0.39, 0.29) is 17.5 Å². The van der Waals surface area contributed by atoms with Crippen LogP contribution in [0.15, 0.2) is 24.3 Å². The highest BCUT2D eigenvalue weighted by molar-refractivity contribution is 5.83. The van der Waals surface area contributed by atoms with Crippen molar-refractivity contribution in [1.82, 2.24) is 5.32 Å². The van der Waals surface area contributed by atoms with E-state index >= 15 is 0 Å². The molecule has 2 aromatic rings. The van der Waals surface area contributed by atoms with Crippen molar-refractivity contribution in [3.63, 3.8) is 0 Å². The SMILES string of the molecule is COc1ccc2c(c1O)-c1cc(O)cc3c1[C@@H](C2)NCC3. The third kappa shape index (κ3) is 1.72. The largest absolute Gasteiger partial charge is 0.508 e. The van der Waals surface area contributed by atoms with Gasteiger partial charge in [0, 0.05) is 11.6 Å². The summed E-state index contributed by atoms with van der Waals surface area (Å²) >= 11 is 0. The van der Waals surface area contributed by atoms with Gasteiger partial charge in [-0.1, -0.05) is 6.07 Å². The van der Waals surface area contributed by atoms with Crippen molar-refractivity contribution in [2.75, 3.05) is 13.7 Å². The zero-order chi connectivity index (χ0) is 14.6. The summed E-state index contributed by atoms with van der Waals surface area (Å²) in [5, 5.41) is 24.1. The molecular formula is C17H17NO3. The first-order valence-electron chi connectivity index (χ1n) is 7.17. The van der Waals surface area contributed by atoms with Crippen molar-refractivity contribution < 1.29 is 14.9 Å². The molecule has 0 saturated heterocycles. The summed E-state index contributed by atoms with van der Waals surface area (Å²) in [4.78, 5) is 0. The van der Waals surface area contributed by atoms with Crippen molar-refractivity contribution in [2.45, 2.75) is 18.9 Å². The molecule has 0 spiro atoms. The van der Waals surface area contributed by atoms with Gasteiger partial charge < -0.3 is 20.3 Å². The van der Waals surface area contributed by atoms with Crippen LogP contribution in [-0.2, 0) is 12.8 Å². The van der Waals surface area contributed by atoms with E-state index < -0.39 is 0 Å². The first kappa shape index (κ1) is 12.5. The number of benzene rings is 2. The molecule has 0 aromatic heterocycles. The van der Waals surface area contributed by atoms with Crippen LogP contribution in [0.2, 0.25) is 0 Å². The van der Waals surface area contributed by atoms with E-state index in [0.29, 0.717) is 5.75 Å². The Balaban J connectivity index is 2.05. The molecule has 0 radical (unpaired) electrons. The molecule has 0 bridgehead atoms. The van der Waals surface area contributed by atoms with E-state index in [1.165, 1.54) is 11.1 Å². The van der Waals surface area contributed by atoms with Crippen LogP contribution < -0.4 is 10.1 Å². The van der Waals surface area contributed by atoms with Gasteiger partial charge in [-0.15, -0.1) is 0 Å². The zero-order valence-corrected chi connectivity index (χ0v) is 11.8. The van der Waals surface area contributed by atoms with Crippen LogP contribution in [0.5, 0.6) is 17.2 Å². The van der Waals surface area contributed by atoms with Crippen LogP contribution >= 0.6 is 0 Å². The second kappa shape index (κ2) is 4.40. The first-order chi connectivity index (χ1) is 10.2. The lowest BCUT2D eigenvalue weighted by atomic mass is 9.77. The zero-order valence-electron chi connectivity index (χ0n) is 11.8. The maximum Gasteiger partial charge on any atom is 0.165 e. The molecule has 108 valence electrons. The second-order valence-corrected chi connectivity index (χ2v) is 5.68. The molecule has 1 aliphatic heterocycles. The van der Waals surface area contributed by atoms with E-state index in [1.54, 1.807) is 19.2 Å². The fourth-order valence-corrected chi connectivity index (χ4v) is 3.65. The minimum Gasteiger partial charge on any atom is -0.508 e. The van der Waals surface area contributed by atoms with Gasteiger partial charge in [0.2, 0.25) is 0 Å². The molecule has 1 heterocycles. The lowest BCUT2D eigenvalue weighted by Crippen LogP contribution is -2.33. The summed E-state index contributed by atoms with van der Waals surface area (Å²) in [7, 11) is 1.55. The Bertz CT molecular complexity index is 739. The average molecular weight is 283 g/mol. The van der Waals surface area contributed by atoms with Crippen LogP contribution in [-0.4, -0.2) is 23.9 Å². The van der Waals surface area contributed by atoms with Crippen LogP contribution in [0, 0.1) is 0 Å². The fraction of sp³-hybridized carbons (Fsp3) is 0.294. The van der Waals surface area contributed by atoms with Crippen LogP contribution in [0.1, 0.15) is 22.7 Å². The van der Waals surface area contributed by atoms with E-state index in [4.69, 9.17) is 4.74 Å². The van der Waals surface area contributed by atoms with Gasteiger partial charge in [-0.2, -0.15) is 0 Å². The molecule has 0 saturated carbocycles. The van der Waals surface area contributed by atoms with E-state index in [1.807, 2.05) is 12.1 Å². The standard InChI is InChI=1S/C17H17NO3/c1-21-14-3-2-9-7-13-15-10(4-5-18-13)6-11(19)8-12(15)16(9)17(14)20/h2-3,6,8,13,18-20H,4-5,7H2,1H3/t13-/m1/s1. The maximum atomic E-state index is 10.5. The first-order valence-corrected chi connectivity index (χ1v) is 7.17. The van der Waals surface area contributed by atoms with Gasteiger partial charge >= 0.3 is 0 Å². The lowest BCUT2D eigenvalue weighted by molar-refractivity contribution is 0.373. The Labute approximate surface area is 123 Å². The number of ether oxygens (including phenoxy) is 1. The quantitative estimate of drug-likeness (QED) is 0.752. The number of phenolic OH excluding ortho intramolecular Hbond substituents is 2. The Morgan fingerprint density at radius 2 is 2.05 bits per heavy atom. The van der Waals surface area contributed by atoms with Gasteiger partial charge in [0.25, 0.3) is 0 Å². The minimum absolute atomic E-state index is 0.159. The Kier molecular flexibility index (Phi) is 2.62. The second-order valence-electron chi connectivity index (χ2n) is 5.68. The van der Waals surface area contributed by atoms with Crippen LogP contribution in [0.25, 0.3) is 11.1 Å². The number of hydrogen-bond donors (Lipinski definition) is 3. The smallest absolute Gasteiger partial charge is 0.165 e. The Hall–Kier alpha value is -2.20. The topological polar surface area (TPSA) is 61.7 Å². The number of nitrogens with one attached hydrogen (secondary N) is 1. The minimum atomic E-state index is 0.159. The number of fused-ring (bicyclic) bond motifs is 2. The molecule has 4 rings (SSSR count). The summed E-state index contributed by atoms with van der Waals surface area (Å²) in [5.41, 5.74) is 5.16. The van der Waals surface area contributed by atoms with E-state index in [2.05, 4.69) is 5.32 Å². The molecule has 1 aliphatic carbocycles. The van der Waals surface area contributed by atoms with Gasteiger partial charge in [-0.05, 0) is 59.8 Å². The fourth-order valence-electron chi connectivity index (χ4n) is 3.65. The average Bonchev–Trinajstić information content (AvgIpc) is 2.47. The van der Waals surface area contributed by atoms with Gasteiger partial charge in [-0.25, -0.2) is 0 Å². The van der Waals surface area contributed by atoms with Gasteiger partial charge in [0.05, 0.1) is 7.11 Å². The normalized spacial score (nSPS) is 18.8. The molecule has 0 fully saturated rings. The number of phenols is 2. The van der Waals surface area contributed by atoms with E-state index in [9.17, 15) is 10.2 Å². The number of methoxy groups -OCH3 is 1. The Morgan fingerprint density at radius 3 is 2.86 bits per heavy atom. The molecular weight excluding hydrogens is 266 g/mol. The van der Waals surface area contributed by atoms with Crippen LogP contribution in [0.3, 0.4) is 0 Å². The molecule has 21 heavy (non-hydrogen) atoms. The van der Waals surface area contributed by atoms with Crippen molar-refractivity contribution in [2.24, 2.45) is 0 Å². The highest BCUT2D eigenvalue weighted by Gasteiger charge is 2.32. The van der Waals surface area contributed by atoms with E-state index in [0.717, 1.165) is 36.1 Å². The van der Waals surface area contributed by atoms with Crippen LogP contribution in [0.4, 0.5) is 0 Å². The molecule has 2 aliphatic rings. The monoisotopic (exact) mass is 283 g/mol. The summed E-state index contributed by atoms with van der Waals surface area (Å²) < 4.78 is 5.23. The molecule has 0 unspecified atom stereocenters. The highest BCUT2D eigenvalue weighted by Crippen LogP contribution is 2.49. The lowest BCUT2D eigenvalue weighted by Gasteiger charge is -2.34. The van der Waals surface area contributed by atoms with Crippen molar-refractivity contribution >= 4 is 0 Å². The molecule has 0 amide bonds. The third-order valence-electron chi connectivity index (χ3n) is 4.52. The maximum absolute atomic E-state index is 10.5. The number of hydrogen-bond acceptors (Lipinski definition) is 4. The van der Waals surface area contributed by atoms with Crippen molar-refractivity contribution in [1.29, 1.82) is 0 Å². The molecule has 3 N–H and O–H groups in total. The van der Waals surface area contributed by atoms with Gasteiger partial charge in [0.15, 0.2) is 11.5 Å². The van der Waals surface area contributed by atoms with Crippen molar-refractivity contribution in [3.05, 3.63) is 41.0 Å². The predicted octanol–water partition coefficient (Wildman–Crippen LogP) is 2.52. The third-order valence-corrected chi connectivity index (χ3v) is 4.52. The predicted molar refractivity (Wildman–Crippen MR) is 79.9 cm³/mol.